The fourth-order valence-corrected chi connectivity index (χ4v) is 8.20. The molecule has 252 valence electrons. The number of para-hydroxylation sites is 2. The van der Waals surface area contributed by atoms with Crippen molar-refractivity contribution in [3.05, 3.63) is 205 Å². The van der Waals surface area contributed by atoms with Crippen LogP contribution in [0.3, 0.4) is 0 Å². The van der Waals surface area contributed by atoms with Gasteiger partial charge in [-0.1, -0.05) is 141 Å². The summed E-state index contributed by atoms with van der Waals surface area (Å²) in [5.74, 6) is 0. The lowest BCUT2D eigenvalue weighted by Crippen LogP contribution is -2.16. The summed E-state index contributed by atoms with van der Waals surface area (Å²) in [4.78, 5) is 2.31. The monoisotopic (exact) mass is 684 g/mol. The van der Waals surface area contributed by atoms with Crippen molar-refractivity contribution in [1.29, 1.82) is 0 Å². The molecule has 0 spiro atoms. The van der Waals surface area contributed by atoms with Crippen LogP contribution in [0, 0.1) is 0 Å². The molecule has 0 unspecified atom stereocenters. The Morgan fingerprint density at radius 1 is 0.453 bits per heavy atom. The number of hydrogen-bond donors (Lipinski definition) is 0. The molecular weight excluding hydrogens is 641 g/mol. The van der Waals surface area contributed by atoms with E-state index in [9.17, 15) is 0 Å². The van der Waals surface area contributed by atoms with Crippen LogP contribution in [0.4, 0.5) is 17.1 Å². The maximum Gasteiger partial charge on any atom is 0.0645 e. The van der Waals surface area contributed by atoms with Crippen molar-refractivity contribution >= 4 is 38.9 Å². The van der Waals surface area contributed by atoms with Crippen LogP contribution in [0.15, 0.2) is 194 Å². The van der Waals surface area contributed by atoms with E-state index in [0.29, 0.717) is 17.1 Å². The van der Waals surface area contributed by atoms with Crippen molar-refractivity contribution in [2.75, 3.05) is 4.90 Å². The van der Waals surface area contributed by atoms with E-state index in [1.807, 2.05) is 18.2 Å². The number of nitrogens with zero attached hydrogens (tertiary/aromatic N) is 2. The highest BCUT2D eigenvalue weighted by molar-refractivity contribution is 6.10. The zero-order chi connectivity index (χ0) is 40.7. The predicted molar refractivity (Wildman–Crippen MR) is 224 cm³/mol. The smallest absolute Gasteiger partial charge is 0.0645 e. The van der Waals surface area contributed by atoms with E-state index < -0.39 is 6.04 Å². The molecule has 0 saturated heterocycles. The topological polar surface area (TPSA) is 8.17 Å². The molecule has 0 aliphatic heterocycles. The highest BCUT2D eigenvalue weighted by Crippen LogP contribution is 2.50. The maximum absolute atomic E-state index is 8.76. The van der Waals surface area contributed by atoms with Gasteiger partial charge in [0.25, 0.3) is 0 Å². The second kappa shape index (κ2) is 12.3. The summed E-state index contributed by atoms with van der Waals surface area (Å²) in [7, 11) is 0. The van der Waals surface area contributed by atoms with Crippen molar-refractivity contribution in [3.63, 3.8) is 0 Å². The van der Waals surface area contributed by atoms with E-state index in [-0.39, 0.29) is 35.3 Å². The molecule has 0 N–H and O–H groups in total. The van der Waals surface area contributed by atoms with E-state index >= 15 is 0 Å². The van der Waals surface area contributed by atoms with Gasteiger partial charge in [0.15, 0.2) is 0 Å². The maximum atomic E-state index is 8.76. The predicted octanol–water partition coefficient (Wildman–Crippen LogP) is 13.9. The van der Waals surface area contributed by atoms with Gasteiger partial charge >= 0.3 is 0 Å². The quantitative estimate of drug-likeness (QED) is 0.169. The molecule has 9 aromatic rings. The van der Waals surface area contributed by atoms with Crippen LogP contribution in [0.5, 0.6) is 0 Å². The summed E-state index contributed by atoms with van der Waals surface area (Å²) in [6.07, 6.45) is 0. The van der Waals surface area contributed by atoms with E-state index in [2.05, 4.69) is 140 Å². The third kappa shape index (κ3) is 5.10. The lowest BCUT2D eigenvalue weighted by Gasteiger charge is -2.28. The highest BCUT2D eigenvalue weighted by Gasteiger charge is 2.35. The van der Waals surface area contributed by atoms with Gasteiger partial charge in [-0.25, -0.2) is 0 Å². The standard InChI is InChI=1S/C51H38N2/c1-51(2)47-19-11-9-17-43(47)44-31-30-42(34-48(44)51)52(40-26-21-36(22-27-40)35-13-5-3-6-14-35)41-28-23-37(24-29-41)38-25-32-50-46(33-38)45-18-10-12-20-49(45)53(50)39-15-7-4-8-16-39/h3-34H,1-2H3/i4D,7D,8D,10D,15D,16D. The fourth-order valence-electron chi connectivity index (χ4n) is 8.20. The first-order valence-corrected chi connectivity index (χ1v) is 17.9. The Labute approximate surface area is 319 Å². The van der Waals surface area contributed by atoms with E-state index in [1.165, 1.54) is 27.8 Å². The number of hydrogen-bond acceptors (Lipinski definition) is 1. The van der Waals surface area contributed by atoms with Gasteiger partial charge in [-0.05, 0) is 111 Å². The molecule has 1 aliphatic carbocycles. The molecule has 0 radical (unpaired) electrons. The normalized spacial score (nSPS) is 14.5. The fraction of sp³-hybridized carbons (Fsp3) is 0.0588. The van der Waals surface area contributed by atoms with Gasteiger partial charge in [0.2, 0.25) is 0 Å². The summed E-state index contributed by atoms with van der Waals surface area (Å²) >= 11 is 0. The third-order valence-electron chi connectivity index (χ3n) is 10.8. The zero-order valence-electron chi connectivity index (χ0n) is 35.4. The van der Waals surface area contributed by atoms with Crippen molar-refractivity contribution in [2.24, 2.45) is 0 Å². The van der Waals surface area contributed by atoms with Crippen LogP contribution in [0.25, 0.3) is 60.9 Å². The molecule has 2 heteroatoms. The van der Waals surface area contributed by atoms with Crippen molar-refractivity contribution in [3.8, 4) is 39.1 Å². The highest BCUT2D eigenvalue weighted by atomic mass is 15.1. The first kappa shape index (κ1) is 25.3. The molecular formula is C51H38N2. The molecule has 0 saturated carbocycles. The number of aromatic nitrogens is 1. The summed E-state index contributed by atoms with van der Waals surface area (Å²) in [5.41, 5.74) is 13.8. The van der Waals surface area contributed by atoms with Gasteiger partial charge in [0, 0.05) is 38.9 Å². The Bertz CT molecular complexity index is 3100. The molecule has 10 rings (SSSR count). The first-order valence-electron chi connectivity index (χ1n) is 20.9. The molecule has 0 amide bonds. The zero-order valence-corrected chi connectivity index (χ0v) is 29.4. The van der Waals surface area contributed by atoms with Gasteiger partial charge in [0.1, 0.15) is 0 Å². The van der Waals surface area contributed by atoms with Crippen LogP contribution in [-0.4, -0.2) is 4.57 Å². The Kier molecular flexibility index (Phi) is 5.86. The van der Waals surface area contributed by atoms with Crippen LogP contribution in [-0.2, 0) is 5.41 Å². The lowest BCUT2D eigenvalue weighted by molar-refractivity contribution is 0.660. The lowest BCUT2D eigenvalue weighted by atomic mass is 9.82. The van der Waals surface area contributed by atoms with Crippen LogP contribution in [0.2, 0.25) is 0 Å². The molecule has 0 bridgehead atoms. The Hall–Kier alpha value is -6.64. The Balaban J connectivity index is 1.09. The van der Waals surface area contributed by atoms with Crippen LogP contribution in [0.1, 0.15) is 33.2 Å². The van der Waals surface area contributed by atoms with Crippen LogP contribution < -0.4 is 4.90 Å². The molecule has 0 fully saturated rings. The second-order valence-corrected chi connectivity index (χ2v) is 14.2. The average molecular weight is 685 g/mol. The summed E-state index contributed by atoms with van der Waals surface area (Å²) in [6, 6.07) is 53.0. The summed E-state index contributed by atoms with van der Waals surface area (Å²) < 4.78 is 52.6. The van der Waals surface area contributed by atoms with Crippen molar-refractivity contribution in [2.45, 2.75) is 19.3 Å². The minimum atomic E-state index is -0.433. The number of benzene rings is 8. The SMILES string of the molecule is [2H]c1ccc2c(c1)c1cc(-c3ccc(N(c4ccc(-c5ccccc5)cc4)c4ccc5c(c4)C(C)(C)c4ccccc4-5)cc3)ccc1n2-c1c([2H])c([2H])c([2H])c([2H])c1[2H]. The minimum Gasteiger partial charge on any atom is -0.310 e. The molecule has 8 aromatic carbocycles. The molecule has 1 aromatic heterocycles. The molecule has 1 heterocycles. The minimum absolute atomic E-state index is 0.0848. The van der Waals surface area contributed by atoms with E-state index in [0.717, 1.165) is 44.5 Å². The summed E-state index contributed by atoms with van der Waals surface area (Å²) in [6.45, 7) is 4.61. The Morgan fingerprint density at radius 2 is 1.06 bits per heavy atom. The van der Waals surface area contributed by atoms with Crippen LogP contribution >= 0.6 is 0 Å². The average Bonchev–Trinajstić information content (AvgIpc) is 3.70. The van der Waals surface area contributed by atoms with E-state index in [1.54, 1.807) is 22.8 Å². The molecule has 0 atom stereocenters. The van der Waals surface area contributed by atoms with E-state index in [4.69, 9.17) is 8.22 Å². The molecule has 53 heavy (non-hydrogen) atoms. The number of anilines is 3. The first-order chi connectivity index (χ1) is 28.5. The Morgan fingerprint density at radius 3 is 1.81 bits per heavy atom. The van der Waals surface area contributed by atoms with Gasteiger partial charge in [-0.3, -0.25) is 0 Å². The third-order valence-corrected chi connectivity index (χ3v) is 10.8. The number of fused-ring (bicyclic) bond motifs is 6. The molecule has 2 nitrogen and oxygen atoms in total. The second-order valence-electron chi connectivity index (χ2n) is 14.2. The number of rotatable bonds is 6. The van der Waals surface area contributed by atoms with Crippen molar-refractivity contribution in [1.82, 2.24) is 4.57 Å². The van der Waals surface area contributed by atoms with Gasteiger partial charge < -0.3 is 9.47 Å². The summed E-state index contributed by atoms with van der Waals surface area (Å²) in [5, 5.41) is 1.59. The van der Waals surface area contributed by atoms with Crippen molar-refractivity contribution < 1.29 is 8.22 Å². The van der Waals surface area contributed by atoms with Gasteiger partial charge in [-0.2, -0.15) is 0 Å². The van der Waals surface area contributed by atoms with Gasteiger partial charge in [-0.15, -0.1) is 0 Å². The largest absolute Gasteiger partial charge is 0.310 e. The molecule has 1 aliphatic rings. The van der Waals surface area contributed by atoms with Gasteiger partial charge in [0.05, 0.1) is 19.3 Å².